The van der Waals surface area contributed by atoms with Gasteiger partial charge in [0, 0.05) is 11.1 Å². The highest BCUT2D eigenvalue weighted by molar-refractivity contribution is 6.30. The summed E-state index contributed by atoms with van der Waals surface area (Å²) < 4.78 is 10.6. The fourth-order valence-electron chi connectivity index (χ4n) is 3.00. The maximum absolute atomic E-state index is 12.8. The first kappa shape index (κ1) is 15.1. The smallest absolute Gasteiger partial charge is 0.255 e. The number of nitrogens with one attached hydrogen (secondary N) is 1. The lowest BCUT2D eigenvalue weighted by Crippen LogP contribution is -2.27. The van der Waals surface area contributed by atoms with E-state index in [0.717, 1.165) is 0 Å². The van der Waals surface area contributed by atoms with Gasteiger partial charge in [0.25, 0.3) is 5.91 Å². The lowest BCUT2D eigenvalue weighted by atomic mass is 9.86. The largest absolute Gasteiger partial charge is 0.467 e. The Morgan fingerprint density at radius 1 is 1.04 bits per heavy atom. The number of carbonyl (C=O) groups excluding carboxylic acids is 3. The first-order valence-electron chi connectivity index (χ1n) is 7.70. The van der Waals surface area contributed by atoms with Crippen LogP contribution in [-0.2, 0) is 6.54 Å². The summed E-state index contributed by atoms with van der Waals surface area (Å²) >= 11 is 0. The molecule has 0 unspecified atom stereocenters. The van der Waals surface area contributed by atoms with Crippen molar-refractivity contribution in [3.8, 4) is 0 Å². The van der Waals surface area contributed by atoms with E-state index in [9.17, 15) is 14.4 Å². The Hall–Kier alpha value is -3.41. The van der Waals surface area contributed by atoms with Crippen LogP contribution in [-0.4, -0.2) is 17.5 Å². The Bertz CT molecular complexity index is 1010. The second-order valence-corrected chi connectivity index (χ2v) is 5.70. The molecular weight excluding hydrogens is 322 g/mol. The van der Waals surface area contributed by atoms with Gasteiger partial charge in [-0.3, -0.25) is 14.4 Å². The van der Waals surface area contributed by atoms with Gasteiger partial charge < -0.3 is 14.2 Å². The minimum atomic E-state index is -0.487. The minimum Gasteiger partial charge on any atom is -0.467 e. The third kappa shape index (κ3) is 2.30. The SMILES string of the molecule is Cc1oc2c(c1C(=O)NCc1ccco1)C(=O)c1ccccc1C2=O. The van der Waals surface area contributed by atoms with Crippen LogP contribution >= 0.6 is 0 Å². The zero-order chi connectivity index (χ0) is 17.6. The van der Waals surface area contributed by atoms with E-state index in [-0.39, 0.29) is 46.1 Å². The van der Waals surface area contributed by atoms with E-state index in [1.165, 1.54) is 6.26 Å². The molecule has 0 saturated carbocycles. The van der Waals surface area contributed by atoms with Crippen LogP contribution in [0.3, 0.4) is 0 Å². The molecule has 25 heavy (non-hydrogen) atoms. The molecule has 1 aromatic carbocycles. The summed E-state index contributed by atoms with van der Waals surface area (Å²) in [5.41, 5.74) is 0.685. The first-order valence-corrected chi connectivity index (χ1v) is 7.70. The Balaban J connectivity index is 1.74. The second-order valence-electron chi connectivity index (χ2n) is 5.70. The van der Waals surface area contributed by atoms with Crippen molar-refractivity contribution in [2.75, 3.05) is 0 Å². The fraction of sp³-hybridized carbons (Fsp3) is 0.105. The summed E-state index contributed by atoms with van der Waals surface area (Å²) in [4.78, 5) is 38.0. The van der Waals surface area contributed by atoms with Crippen molar-refractivity contribution in [1.29, 1.82) is 0 Å². The van der Waals surface area contributed by atoms with Crippen molar-refractivity contribution in [1.82, 2.24) is 5.32 Å². The van der Waals surface area contributed by atoms with Gasteiger partial charge in [-0.25, -0.2) is 0 Å². The van der Waals surface area contributed by atoms with E-state index >= 15 is 0 Å². The molecule has 124 valence electrons. The number of carbonyl (C=O) groups is 3. The van der Waals surface area contributed by atoms with Crippen molar-refractivity contribution in [3.05, 3.63) is 82.2 Å². The molecule has 4 rings (SSSR count). The summed E-state index contributed by atoms with van der Waals surface area (Å²) in [5, 5.41) is 2.68. The second kappa shape index (κ2) is 5.59. The zero-order valence-electron chi connectivity index (χ0n) is 13.3. The Morgan fingerprint density at radius 2 is 1.76 bits per heavy atom. The van der Waals surface area contributed by atoms with Gasteiger partial charge in [-0.2, -0.15) is 0 Å². The van der Waals surface area contributed by atoms with Crippen LogP contribution in [0.1, 0.15) is 53.9 Å². The highest BCUT2D eigenvalue weighted by Crippen LogP contribution is 2.33. The van der Waals surface area contributed by atoms with Crippen molar-refractivity contribution in [2.24, 2.45) is 0 Å². The normalized spacial score (nSPS) is 12.7. The van der Waals surface area contributed by atoms with E-state index in [1.54, 1.807) is 43.3 Å². The van der Waals surface area contributed by atoms with E-state index in [0.29, 0.717) is 5.76 Å². The molecule has 0 fully saturated rings. The average molecular weight is 335 g/mol. The quantitative estimate of drug-likeness (QED) is 0.622. The number of amides is 1. The number of hydrogen-bond acceptors (Lipinski definition) is 5. The molecular formula is C19H13NO5. The molecule has 1 N–H and O–H groups in total. The van der Waals surface area contributed by atoms with Crippen molar-refractivity contribution in [3.63, 3.8) is 0 Å². The van der Waals surface area contributed by atoms with Crippen LogP contribution < -0.4 is 5.32 Å². The zero-order valence-corrected chi connectivity index (χ0v) is 13.3. The fourth-order valence-corrected chi connectivity index (χ4v) is 3.00. The number of benzene rings is 1. The van der Waals surface area contributed by atoms with Crippen LogP contribution in [0, 0.1) is 6.92 Å². The number of rotatable bonds is 3. The predicted molar refractivity (Wildman–Crippen MR) is 86.6 cm³/mol. The molecule has 0 radical (unpaired) electrons. The molecule has 1 aliphatic rings. The Morgan fingerprint density at radius 3 is 2.44 bits per heavy atom. The van der Waals surface area contributed by atoms with Crippen molar-refractivity contribution < 1.29 is 23.2 Å². The van der Waals surface area contributed by atoms with Crippen molar-refractivity contribution in [2.45, 2.75) is 13.5 Å². The first-order chi connectivity index (χ1) is 12.1. The highest BCUT2D eigenvalue weighted by Gasteiger charge is 2.38. The van der Waals surface area contributed by atoms with E-state index in [2.05, 4.69) is 5.32 Å². The number of hydrogen-bond donors (Lipinski definition) is 1. The number of fused-ring (bicyclic) bond motifs is 2. The molecule has 0 spiro atoms. The van der Waals surface area contributed by atoms with Gasteiger partial charge in [0.05, 0.1) is 23.9 Å². The molecule has 6 heteroatoms. The predicted octanol–water partition coefficient (Wildman–Crippen LogP) is 2.89. The van der Waals surface area contributed by atoms with E-state index in [1.807, 2.05) is 0 Å². The Labute approximate surface area is 142 Å². The molecule has 1 aliphatic carbocycles. The topological polar surface area (TPSA) is 89.5 Å². The molecule has 2 heterocycles. The molecule has 0 aliphatic heterocycles. The summed E-state index contributed by atoms with van der Waals surface area (Å²) in [6.07, 6.45) is 1.51. The number of aryl methyl sites for hydroxylation is 1. The maximum atomic E-state index is 12.8. The molecule has 2 aromatic heterocycles. The van der Waals surface area contributed by atoms with Crippen LogP contribution in [0.15, 0.2) is 51.5 Å². The standard InChI is InChI=1S/C19H13NO5/c1-10-14(19(23)20-9-11-5-4-8-24-11)15-16(21)12-6-2-3-7-13(12)17(22)18(15)25-10/h2-8H,9H2,1H3,(H,20,23). The molecule has 1 amide bonds. The van der Waals surface area contributed by atoms with E-state index < -0.39 is 11.7 Å². The van der Waals surface area contributed by atoms with Gasteiger partial charge in [0.1, 0.15) is 11.5 Å². The van der Waals surface area contributed by atoms with Gasteiger partial charge in [-0.1, -0.05) is 24.3 Å². The number of furan rings is 2. The van der Waals surface area contributed by atoms with Crippen LogP contribution in [0.5, 0.6) is 0 Å². The molecule has 0 bridgehead atoms. The minimum absolute atomic E-state index is 0.0261. The maximum Gasteiger partial charge on any atom is 0.255 e. The van der Waals surface area contributed by atoms with Gasteiger partial charge >= 0.3 is 0 Å². The summed E-state index contributed by atoms with van der Waals surface area (Å²) in [5.74, 6) is -0.528. The third-order valence-corrected chi connectivity index (χ3v) is 4.16. The van der Waals surface area contributed by atoms with Crippen LogP contribution in [0.2, 0.25) is 0 Å². The molecule has 3 aromatic rings. The van der Waals surface area contributed by atoms with Crippen LogP contribution in [0.25, 0.3) is 0 Å². The van der Waals surface area contributed by atoms with E-state index in [4.69, 9.17) is 8.83 Å². The van der Waals surface area contributed by atoms with Gasteiger partial charge in [-0.15, -0.1) is 0 Å². The highest BCUT2D eigenvalue weighted by atomic mass is 16.4. The third-order valence-electron chi connectivity index (χ3n) is 4.16. The summed E-state index contributed by atoms with van der Waals surface area (Å²) in [6, 6.07) is 9.95. The van der Waals surface area contributed by atoms with Gasteiger partial charge in [0.15, 0.2) is 11.5 Å². The average Bonchev–Trinajstić information content (AvgIpc) is 3.25. The summed E-state index contributed by atoms with van der Waals surface area (Å²) in [7, 11) is 0. The Kier molecular flexibility index (Phi) is 3.39. The van der Waals surface area contributed by atoms with Gasteiger partial charge in [-0.05, 0) is 19.1 Å². The molecule has 0 saturated heterocycles. The lowest BCUT2D eigenvalue weighted by molar-refractivity contribution is 0.0934. The molecule has 6 nitrogen and oxygen atoms in total. The lowest BCUT2D eigenvalue weighted by Gasteiger charge is -2.13. The number of ketones is 2. The monoisotopic (exact) mass is 335 g/mol. The van der Waals surface area contributed by atoms with Crippen LogP contribution in [0.4, 0.5) is 0 Å². The summed E-state index contributed by atoms with van der Waals surface area (Å²) in [6.45, 7) is 1.73. The molecule has 0 atom stereocenters. The van der Waals surface area contributed by atoms with Crippen molar-refractivity contribution >= 4 is 17.5 Å². The van der Waals surface area contributed by atoms with Gasteiger partial charge in [0.2, 0.25) is 5.78 Å².